The molecule has 0 spiro atoms. The minimum atomic E-state index is -0.260. The monoisotopic (exact) mass is 210 g/mol. The van der Waals surface area contributed by atoms with Gasteiger partial charge in [0, 0.05) is 19.1 Å². The van der Waals surface area contributed by atoms with Gasteiger partial charge in [-0.15, -0.1) is 0 Å². The molecule has 0 bridgehead atoms. The summed E-state index contributed by atoms with van der Waals surface area (Å²) in [6, 6.07) is 6.22. The van der Waals surface area contributed by atoms with E-state index in [0.29, 0.717) is 18.5 Å². The van der Waals surface area contributed by atoms with Crippen LogP contribution in [0.5, 0.6) is 5.75 Å². The van der Waals surface area contributed by atoms with Gasteiger partial charge in [0.1, 0.15) is 11.6 Å². The lowest BCUT2D eigenvalue weighted by Crippen LogP contribution is -2.10. The molecular formula is C12H15FO2. The predicted octanol–water partition coefficient (Wildman–Crippen LogP) is 2.77. The van der Waals surface area contributed by atoms with Crippen molar-refractivity contribution in [3.63, 3.8) is 0 Å². The molecule has 3 heteroatoms. The highest BCUT2D eigenvalue weighted by Gasteiger charge is 2.14. The number of hydrogen-bond donors (Lipinski definition) is 0. The number of halogens is 1. The Kier molecular flexibility index (Phi) is 3.56. The van der Waals surface area contributed by atoms with Crippen molar-refractivity contribution in [3.05, 3.63) is 30.1 Å². The number of benzene rings is 1. The van der Waals surface area contributed by atoms with Crippen LogP contribution in [0.25, 0.3) is 0 Å². The second-order valence-electron chi connectivity index (χ2n) is 3.73. The predicted molar refractivity (Wildman–Crippen MR) is 55.5 cm³/mol. The molecule has 1 aliphatic heterocycles. The highest BCUT2D eigenvalue weighted by Crippen LogP contribution is 2.17. The van der Waals surface area contributed by atoms with Crippen molar-refractivity contribution in [2.75, 3.05) is 13.2 Å². The lowest BCUT2D eigenvalue weighted by molar-refractivity contribution is 0.0903. The summed E-state index contributed by atoms with van der Waals surface area (Å²) in [5.74, 6) is 0.331. The fraction of sp³-hybridized carbons (Fsp3) is 0.500. The molecule has 1 atom stereocenters. The molecule has 1 aromatic carbocycles. The van der Waals surface area contributed by atoms with Crippen LogP contribution in [0.3, 0.4) is 0 Å². The van der Waals surface area contributed by atoms with Crippen molar-refractivity contribution in [1.82, 2.24) is 0 Å². The first-order valence-electron chi connectivity index (χ1n) is 5.34. The van der Waals surface area contributed by atoms with Crippen LogP contribution in [0.4, 0.5) is 4.39 Å². The summed E-state index contributed by atoms with van der Waals surface area (Å²) < 4.78 is 23.7. The van der Waals surface area contributed by atoms with Gasteiger partial charge in [-0.1, -0.05) is 6.07 Å². The van der Waals surface area contributed by atoms with E-state index >= 15 is 0 Å². The Morgan fingerprint density at radius 2 is 2.40 bits per heavy atom. The molecule has 1 aliphatic rings. The molecule has 1 unspecified atom stereocenters. The third-order valence-corrected chi connectivity index (χ3v) is 2.53. The van der Waals surface area contributed by atoms with Crippen LogP contribution >= 0.6 is 0 Å². The van der Waals surface area contributed by atoms with Crippen molar-refractivity contribution in [1.29, 1.82) is 0 Å². The van der Waals surface area contributed by atoms with E-state index in [1.165, 1.54) is 12.1 Å². The van der Waals surface area contributed by atoms with Crippen molar-refractivity contribution in [2.45, 2.75) is 25.4 Å². The zero-order chi connectivity index (χ0) is 10.5. The fourth-order valence-electron chi connectivity index (χ4n) is 1.74. The Bertz CT molecular complexity index is 308. The number of rotatable bonds is 4. The van der Waals surface area contributed by atoms with Crippen molar-refractivity contribution < 1.29 is 13.9 Å². The zero-order valence-electron chi connectivity index (χ0n) is 8.62. The van der Waals surface area contributed by atoms with Gasteiger partial charge in [0.15, 0.2) is 0 Å². The Balaban J connectivity index is 1.73. The van der Waals surface area contributed by atoms with Crippen LogP contribution < -0.4 is 4.74 Å². The third kappa shape index (κ3) is 3.20. The Labute approximate surface area is 89.0 Å². The van der Waals surface area contributed by atoms with Gasteiger partial charge < -0.3 is 9.47 Å². The largest absolute Gasteiger partial charge is 0.493 e. The third-order valence-electron chi connectivity index (χ3n) is 2.53. The summed E-state index contributed by atoms with van der Waals surface area (Å²) in [6.45, 7) is 1.46. The number of hydrogen-bond acceptors (Lipinski definition) is 2. The average Bonchev–Trinajstić information content (AvgIpc) is 2.71. The normalized spacial score (nSPS) is 20.5. The molecule has 1 heterocycles. The summed E-state index contributed by atoms with van der Waals surface area (Å²) >= 11 is 0. The van der Waals surface area contributed by atoms with E-state index in [0.717, 1.165) is 25.9 Å². The summed E-state index contributed by atoms with van der Waals surface area (Å²) in [4.78, 5) is 0. The Morgan fingerprint density at radius 1 is 1.47 bits per heavy atom. The molecule has 0 aromatic heterocycles. The van der Waals surface area contributed by atoms with Crippen molar-refractivity contribution >= 4 is 0 Å². The van der Waals surface area contributed by atoms with E-state index in [4.69, 9.17) is 9.47 Å². The Hall–Kier alpha value is -1.09. The van der Waals surface area contributed by atoms with Crippen LogP contribution in [0.1, 0.15) is 19.3 Å². The van der Waals surface area contributed by atoms with Gasteiger partial charge >= 0.3 is 0 Å². The maximum atomic E-state index is 12.8. The van der Waals surface area contributed by atoms with Gasteiger partial charge in [-0.25, -0.2) is 4.39 Å². The molecule has 1 aromatic rings. The molecule has 1 saturated heterocycles. The number of ether oxygens (including phenoxy) is 2. The average molecular weight is 210 g/mol. The van der Waals surface area contributed by atoms with Gasteiger partial charge in [-0.3, -0.25) is 0 Å². The first kappa shape index (κ1) is 10.4. The second-order valence-corrected chi connectivity index (χ2v) is 3.73. The molecule has 0 amide bonds. The minimum absolute atomic E-state index is 0.260. The van der Waals surface area contributed by atoms with E-state index in [-0.39, 0.29) is 5.82 Å². The van der Waals surface area contributed by atoms with Gasteiger partial charge in [-0.05, 0) is 25.0 Å². The Morgan fingerprint density at radius 3 is 3.13 bits per heavy atom. The van der Waals surface area contributed by atoms with Crippen LogP contribution in [-0.4, -0.2) is 19.3 Å². The summed E-state index contributed by atoms with van der Waals surface area (Å²) in [5.41, 5.74) is 0. The van der Waals surface area contributed by atoms with E-state index in [2.05, 4.69) is 0 Å². The molecule has 0 aliphatic carbocycles. The molecule has 1 fully saturated rings. The molecule has 0 saturated carbocycles. The molecule has 82 valence electrons. The minimum Gasteiger partial charge on any atom is -0.493 e. The fourth-order valence-corrected chi connectivity index (χ4v) is 1.74. The van der Waals surface area contributed by atoms with Crippen molar-refractivity contribution in [2.24, 2.45) is 0 Å². The quantitative estimate of drug-likeness (QED) is 0.760. The van der Waals surface area contributed by atoms with E-state index in [1.54, 1.807) is 12.1 Å². The zero-order valence-corrected chi connectivity index (χ0v) is 8.62. The lowest BCUT2D eigenvalue weighted by atomic mass is 10.2. The van der Waals surface area contributed by atoms with Gasteiger partial charge in [0.05, 0.1) is 12.7 Å². The van der Waals surface area contributed by atoms with Crippen LogP contribution in [-0.2, 0) is 4.74 Å². The van der Waals surface area contributed by atoms with Crippen LogP contribution in [0.2, 0.25) is 0 Å². The van der Waals surface area contributed by atoms with Gasteiger partial charge in [0.2, 0.25) is 0 Å². The topological polar surface area (TPSA) is 18.5 Å². The van der Waals surface area contributed by atoms with Crippen LogP contribution in [0.15, 0.2) is 24.3 Å². The van der Waals surface area contributed by atoms with E-state index in [1.807, 2.05) is 0 Å². The van der Waals surface area contributed by atoms with Gasteiger partial charge in [-0.2, -0.15) is 0 Å². The standard InChI is InChI=1S/C12H15FO2/c13-10-3-1-4-12(9-10)15-8-6-11-5-2-7-14-11/h1,3-4,9,11H,2,5-8H2. The second kappa shape index (κ2) is 5.12. The molecule has 2 nitrogen and oxygen atoms in total. The SMILES string of the molecule is Fc1cccc(OCCC2CCCO2)c1. The molecule has 0 N–H and O–H groups in total. The first-order valence-corrected chi connectivity index (χ1v) is 5.34. The van der Waals surface area contributed by atoms with Crippen LogP contribution in [0, 0.1) is 5.82 Å². The maximum absolute atomic E-state index is 12.8. The first-order chi connectivity index (χ1) is 7.34. The lowest BCUT2D eigenvalue weighted by Gasteiger charge is -2.10. The highest BCUT2D eigenvalue weighted by atomic mass is 19.1. The summed E-state index contributed by atoms with van der Waals surface area (Å²) in [6.07, 6.45) is 3.48. The van der Waals surface area contributed by atoms with E-state index < -0.39 is 0 Å². The molecule has 2 rings (SSSR count). The van der Waals surface area contributed by atoms with E-state index in [9.17, 15) is 4.39 Å². The highest BCUT2D eigenvalue weighted by molar-refractivity contribution is 5.22. The summed E-state index contributed by atoms with van der Waals surface area (Å²) in [7, 11) is 0. The van der Waals surface area contributed by atoms with Gasteiger partial charge in [0.25, 0.3) is 0 Å². The van der Waals surface area contributed by atoms with Crippen molar-refractivity contribution in [3.8, 4) is 5.75 Å². The molecule has 15 heavy (non-hydrogen) atoms. The molecule has 0 radical (unpaired) electrons. The maximum Gasteiger partial charge on any atom is 0.126 e. The molecular weight excluding hydrogens is 195 g/mol. The smallest absolute Gasteiger partial charge is 0.126 e. The summed E-state index contributed by atoms with van der Waals surface area (Å²) in [5, 5.41) is 0.